The molecule has 1 aliphatic carbocycles. The van der Waals surface area contributed by atoms with E-state index in [1.807, 2.05) is 30.5 Å². The topological polar surface area (TPSA) is 62.7 Å². The fourth-order valence-corrected chi connectivity index (χ4v) is 4.31. The normalized spacial score (nSPS) is 13.1. The zero-order valence-corrected chi connectivity index (χ0v) is 16.5. The second kappa shape index (κ2) is 6.52. The van der Waals surface area contributed by atoms with Crippen LogP contribution in [0.1, 0.15) is 32.0 Å². The first-order valence-corrected chi connectivity index (χ1v) is 9.74. The van der Waals surface area contributed by atoms with E-state index in [1.165, 1.54) is 5.56 Å². The van der Waals surface area contributed by atoms with Gasteiger partial charge in [0.25, 0.3) is 0 Å². The summed E-state index contributed by atoms with van der Waals surface area (Å²) in [6.07, 6.45) is 3.75. The first-order valence-electron chi connectivity index (χ1n) is 8.54. The Labute approximate surface area is 161 Å². The van der Waals surface area contributed by atoms with Gasteiger partial charge in [-0.15, -0.1) is 0 Å². The van der Waals surface area contributed by atoms with Gasteiger partial charge < -0.3 is 10.6 Å². The van der Waals surface area contributed by atoms with E-state index in [0.29, 0.717) is 11.0 Å². The van der Waals surface area contributed by atoms with Crippen molar-refractivity contribution in [1.82, 2.24) is 15.0 Å². The number of fused-ring (bicyclic) bond motifs is 3. The van der Waals surface area contributed by atoms with E-state index >= 15 is 0 Å². The third-order valence-electron chi connectivity index (χ3n) is 3.97. The number of rotatable bonds is 3. The van der Waals surface area contributed by atoms with Crippen LogP contribution in [0.3, 0.4) is 0 Å². The van der Waals surface area contributed by atoms with Crippen LogP contribution in [0.15, 0.2) is 30.5 Å². The van der Waals surface area contributed by atoms with Crippen LogP contribution in [-0.4, -0.2) is 20.5 Å². The number of aromatic nitrogens is 3. The van der Waals surface area contributed by atoms with Crippen molar-refractivity contribution in [1.29, 1.82) is 0 Å². The van der Waals surface area contributed by atoms with E-state index in [0.717, 1.165) is 39.9 Å². The van der Waals surface area contributed by atoms with Gasteiger partial charge >= 0.3 is 0 Å². The van der Waals surface area contributed by atoms with Gasteiger partial charge in [-0.1, -0.05) is 29.0 Å². The molecule has 2 N–H and O–H groups in total. The number of aryl methyl sites for hydroxylation is 2. The van der Waals surface area contributed by atoms with Crippen LogP contribution in [0, 0.1) is 0 Å². The van der Waals surface area contributed by atoms with Crippen LogP contribution in [0.25, 0.3) is 10.6 Å². The molecule has 0 aliphatic heterocycles. The highest BCUT2D eigenvalue weighted by Gasteiger charge is 2.24. The molecule has 5 nitrogen and oxygen atoms in total. The molecule has 0 atom stereocenters. The Bertz CT molecular complexity index is 961. The number of thiazole rings is 1. The number of anilines is 3. The minimum Gasteiger partial charge on any atom is -0.357 e. The van der Waals surface area contributed by atoms with Gasteiger partial charge in [0.2, 0.25) is 5.95 Å². The molecule has 0 saturated heterocycles. The van der Waals surface area contributed by atoms with Crippen LogP contribution < -0.4 is 10.6 Å². The van der Waals surface area contributed by atoms with Crippen molar-refractivity contribution >= 4 is 39.7 Å². The van der Waals surface area contributed by atoms with E-state index in [4.69, 9.17) is 21.6 Å². The predicted octanol–water partition coefficient (Wildman–Crippen LogP) is 5.31. The summed E-state index contributed by atoms with van der Waals surface area (Å²) in [7, 11) is 0. The van der Waals surface area contributed by atoms with E-state index < -0.39 is 0 Å². The molecule has 3 aromatic rings. The summed E-state index contributed by atoms with van der Waals surface area (Å²) in [4.78, 5) is 15.1. The van der Waals surface area contributed by atoms with Gasteiger partial charge in [0, 0.05) is 22.4 Å². The van der Waals surface area contributed by atoms with Crippen LogP contribution in [-0.2, 0) is 12.8 Å². The minimum absolute atomic E-state index is 0.0196. The number of nitrogens with zero attached hydrogens (tertiary/aromatic N) is 3. The summed E-state index contributed by atoms with van der Waals surface area (Å²) in [5, 5.41) is 8.32. The maximum atomic E-state index is 6.05. The van der Waals surface area contributed by atoms with E-state index in [9.17, 15) is 0 Å². The molecule has 2 heterocycles. The summed E-state index contributed by atoms with van der Waals surface area (Å²) in [6, 6.07) is 7.54. The lowest BCUT2D eigenvalue weighted by molar-refractivity contribution is 0.632. The fourth-order valence-electron chi connectivity index (χ4n) is 2.88. The average Bonchev–Trinajstić information content (AvgIpc) is 2.95. The first kappa shape index (κ1) is 17.2. The van der Waals surface area contributed by atoms with Crippen molar-refractivity contribution in [3.8, 4) is 10.6 Å². The van der Waals surface area contributed by atoms with Crippen LogP contribution in [0.4, 0.5) is 16.8 Å². The summed E-state index contributed by atoms with van der Waals surface area (Å²) in [6.45, 7) is 6.41. The lowest BCUT2D eigenvalue weighted by Gasteiger charge is -2.19. The first-order chi connectivity index (χ1) is 12.4. The Kier molecular flexibility index (Phi) is 4.32. The second-order valence-electron chi connectivity index (χ2n) is 7.37. The van der Waals surface area contributed by atoms with Crippen LogP contribution in [0.5, 0.6) is 0 Å². The van der Waals surface area contributed by atoms with E-state index in [-0.39, 0.29) is 5.54 Å². The molecule has 0 radical (unpaired) electrons. The molecule has 2 aromatic heterocycles. The van der Waals surface area contributed by atoms with Crippen LogP contribution >= 0.6 is 22.9 Å². The number of hydrogen-bond acceptors (Lipinski definition) is 6. The third kappa shape index (κ3) is 3.66. The van der Waals surface area contributed by atoms with Gasteiger partial charge in [-0.05, 0) is 57.4 Å². The predicted molar refractivity (Wildman–Crippen MR) is 109 cm³/mol. The molecular weight excluding hydrogens is 366 g/mol. The lowest BCUT2D eigenvalue weighted by atomic mass is 10.00. The quantitative estimate of drug-likeness (QED) is 0.640. The number of hydrogen-bond donors (Lipinski definition) is 2. The van der Waals surface area contributed by atoms with Gasteiger partial charge in [-0.3, -0.25) is 0 Å². The number of halogens is 1. The van der Waals surface area contributed by atoms with Gasteiger partial charge in [-0.2, -0.15) is 0 Å². The maximum absolute atomic E-state index is 6.05. The summed E-state index contributed by atoms with van der Waals surface area (Å²) >= 11 is 7.72. The monoisotopic (exact) mass is 385 g/mol. The van der Waals surface area contributed by atoms with Crippen LogP contribution in [0.2, 0.25) is 5.02 Å². The van der Waals surface area contributed by atoms with Crippen molar-refractivity contribution in [2.24, 2.45) is 0 Å². The zero-order valence-electron chi connectivity index (χ0n) is 14.9. The second-order valence-corrected chi connectivity index (χ2v) is 8.81. The smallest absolute Gasteiger partial charge is 0.227 e. The highest BCUT2D eigenvalue weighted by molar-refractivity contribution is 7.19. The van der Waals surface area contributed by atoms with Gasteiger partial charge in [0.1, 0.15) is 0 Å². The Balaban J connectivity index is 1.67. The molecule has 0 unspecified atom stereocenters. The zero-order chi connectivity index (χ0) is 18.3. The Morgan fingerprint density at radius 3 is 2.77 bits per heavy atom. The van der Waals surface area contributed by atoms with Crippen molar-refractivity contribution in [3.05, 3.63) is 46.7 Å². The highest BCUT2D eigenvalue weighted by Crippen LogP contribution is 2.39. The Morgan fingerprint density at radius 2 is 2.00 bits per heavy atom. The standard InChI is InChI=1S/C19H20ClN5S/c1-19(2,3)25-18-23-14-8-7-11-10-21-17(24-15(11)16(14)26-18)22-13-6-4-5-12(20)9-13/h4-6,9-10H,7-8H2,1-3H3,(H,23,25)(H,21,22,24). The number of nitrogens with one attached hydrogen (secondary N) is 2. The average molecular weight is 386 g/mol. The fraction of sp³-hybridized carbons (Fsp3) is 0.316. The summed E-state index contributed by atoms with van der Waals surface area (Å²) < 4.78 is 0. The van der Waals surface area contributed by atoms with Gasteiger partial charge in [0.05, 0.1) is 16.3 Å². The highest BCUT2D eigenvalue weighted by atomic mass is 35.5. The molecule has 134 valence electrons. The Hall–Kier alpha value is -2.18. The molecule has 7 heteroatoms. The molecular formula is C19H20ClN5S. The molecule has 0 spiro atoms. The Morgan fingerprint density at radius 1 is 1.15 bits per heavy atom. The van der Waals surface area contributed by atoms with Crippen molar-refractivity contribution < 1.29 is 0 Å². The molecule has 0 bridgehead atoms. The SMILES string of the molecule is CC(C)(C)Nc1nc2c(s1)-c1nc(Nc3cccc(Cl)c3)ncc1CC2. The molecule has 4 rings (SSSR count). The minimum atomic E-state index is -0.0196. The lowest BCUT2D eigenvalue weighted by Crippen LogP contribution is -2.25. The summed E-state index contributed by atoms with van der Waals surface area (Å²) in [5.41, 5.74) is 4.11. The van der Waals surface area contributed by atoms with Crippen molar-refractivity contribution in [2.45, 2.75) is 39.2 Å². The third-order valence-corrected chi connectivity index (χ3v) is 5.23. The molecule has 0 fully saturated rings. The molecule has 0 saturated carbocycles. The van der Waals surface area contributed by atoms with Gasteiger partial charge in [0.15, 0.2) is 5.13 Å². The molecule has 1 aliphatic rings. The van der Waals surface area contributed by atoms with E-state index in [1.54, 1.807) is 11.3 Å². The largest absolute Gasteiger partial charge is 0.357 e. The van der Waals surface area contributed by atoms with Gasteiger partial charge in [-0.25, -0.2) is 15.0 Å². The maximum Gasteiger partial charge on any atom is 0.227 e. The molecule has 1 aromatic carbocycles. The molecule has 26 heavy (non-hydrogen) atoms. The van der Waals surface area contributed by atoms with Crippen molar-refractivity contribution in [3.63, 3.8) is 0 Å². The summed E-state index contributed by atoms with van der Waals surface area (Å²) in [5.74, 6) is 0.567. The van der Waals surface area contributed by atoms with E-state index in [2.05, 4.69) is 36.4 Å². The molecule has 0 amide bonds. The number of benzene rings is 1. The van der Waals surface area contributed by atoms with Crippen molar-refractivity contribution in [2.75, 3.05) is 10.6 Å².